The lowest BCUT2D eigenvalue weighted by Crippen LogP contribution is -2.28. The minimum Gasteiger partial charge on any atom is -0.494 e. The standard InChI is InChI=1S/C27H21ClFN3O2/c1-2-34-19-13-12-18-14-21(26(28)30-23(18)15-19)25-16-24(17-8-4-3-5-9-17)31-32(25)27(33)20-10-6-7-11-22(20)29/h3-15,25H,2,16H2,1H3. The molecular weight excluding hydrogens is 453 g/mol. The zero-order valence-electron chi connectivity index (χ0n) is 18.4. The fourth-order valence-corrected chi connectivity index (χ4v) is 4.40. The number of aromatic nitrogens is 1. The summed E-state index contributed by atoms with van der Waals surface area (Å²) in [7, 11) is 0. The lowest BCUT2D eigenvalue weighted by Gasteiger charge is -2.23. The first-order valence-electron chi connectivity index (χ1n) is 11.0. The van der Waals surface area contributed by atoms with Crippen LogP contribution in [0.4, 0.5) is 4.39 Å². The van der Waals surface area contributed by atoms with Gasteiger partial charge in [0.05, 0.1) is 29.4 Å². The molecule has 0 spiro atoms. The van der Waals surface area contributed by atoms with Gasteiger partial charge < -0.3 is 4.74 Å². The topological polar surface area (TPSA) is 54.8 Å². The second kappa shape index (κ2) is 9.23. The Kier molecular flexibility index (Phi) is 5.99. The van der Waals surface area contributed by atoms with Gasteiger partial charge in [-0.2, -0.15) is 5.10 Å². The molecule has 1 unspecified atom stereocenters. The summed E-state index contributed by atoms with van der Waals surface area (Å²) < 4.78 is 20.1. The fourth-order valence-electron chi connectivity index (χ4n) is 4.13. The molecule has 1 aromatic heterocycles. The third kappa shape index (κ3) is 4.13. The molecule has 1 atom stereocenters. The fraction of sp³-hybridized carbons (Fsp3) is 0.148. The van der Waals surface area contributed by atoms with Gasteiger partial charge in [-0.05, 0) is 42.8 Å². The van der Waals surface area contributed by atoms with Crippen molar-refractivity contribution in [1.82, 2.24) is 9.99 Å². The van der Waals surface area contributed by atoms with Crippen LogP contribution in [-0.4, -0.2) is 28.2 Å². The van der Waals surface area contributed by atoms with Crippen LogP contribution in [0.5, 0.6) is 5.75 Å². The number of carbonyl (C=O) groups excluding carboxylic acids is 1. The number of fused-ring (bicyclic) bond motifs is 1. The summed E-state index contributed by atoms with van der Waals surface area (Å²) >= 11 is 6.64. The molecule has 34 heavy (non-hydrogen) atoms. The molecule has 1 aliphatic rings. The summed E-state index contributed by atoms with van der Waals surface area (Å²) in [5.41, 5.74) is 2.91. The van der Waals surface area contributed by atoms with Gasteiger partial charge in [-0.1, -0.05) is 54.1 Å². The predicted octanol–water partition coefficient (Wildman–Crippen LogP) is 6.42. The molecule has 5 nitrogen and oxygen atoms in total. The molecule has 0 bridgehead atoms. The van der Waals surface area contributed by atoms with E-state index in [2.05, 4.69) is 10.1 Å². The van der Waals surface area contributed by atoms with Crippen molar-refractivity contribution >= 4 is 34.1 Å². The number of halogens is 2. The first-order valence-corrected chi connectivity index (χ1v) is 11.4. The Bertz CT molecular complexity index is 1410. The van der Waals surface area contributed by atoms with Crippen LogP contribution in [0.25, 0.3) is 10.9 Å². The van der Waals surface area contributed by atoms with E-state index in [0.717, 1.165) is 16.7 Å². The molecule has 0 aliphatic carbocycles. The first-order chi connectivity index (χ1) is 16.5. The van der Waals surface area contributed by atoms with Crippen LogP contribution in [0.2, 0.25) is 5.15 Å². The summed E-state index contributed by atoms with van der Waals surface area (Å²) in [5, 5.41) is 7.07. The summed E-state index contributed by atoms with van der Waals surface area (Å²) in [6.07, 6.45) is 0.425. The Hall–Kier alpha value is -3.77. The van der Waals surface area contributed by atoms with Crippen LogP contribution >= 0.6 is 11.6 Å². The highest BCUT2D eigenvalue weighted by molar-refractivity contribution is 6.30. The van der Waals surface area contributed by atoms with E-state index in [4.69, 9.17) is 16.3 Å². The van der Waals surface area contributed by atoms with E-state index in [0.29, 0.717) is 29.9 Å². The van der Waals surface area contributed by atoms with Gasteiger partial charge in [0.1, 0.15) is 16.7 Å². The third-order valence-corrected chi connectivity index (χ3v) is 6.07. The summed E-state index contributed by atoms with van der Waals surface area (Å²) in [4.78, 5) is 18.0. The maximum Gasteiger partial charge on any atom is 0.277 e. The molecule has 5 rings (SSSR count). The highest BCUT2D eigenvalue weighted by Crippen LogP contribution is 2.38. The normalized spacial score (nSPS) is 15.4. The summed E-state index contributed by atoms with van der Waals surface area (Å²) in [5.74, 6) is -0.420. The summed E-state index contributed by atoms with van der Waals surface area (Å²) in [6.45, 7) is 2.46. The van der Waals surface area contributed by atoms with Gasteiger partial charge >= 0.3 is 0 Å². The van der Waals surface area contributed by atoms with Gasteiger partial charge in [0.15, 0.2) is 0 Å². The highest BCUT2D eigenvalue weighted by atomic mass is 35.5. The molecule has 4 aromatic rings. The van der Waals surface area contributed by atoms with Gasteiger partial charge in [0.25, 0.3) is 5.91 Å². The Morgan fingerprint density at radius 3 is 2.62 bits per heavy atom. The third-order valence-electron chi connectivity index (χ3n) is 5.77. The molecule has 3 aromatic carbocycles. The van der Waals surface area contributed by atoms with E-state index in [-0.39, 0.29) is 10.7 Å². The predicted molar refractivity (Wildman–Crippen MR) is 131 cm³/mol. The van der Waals surface area contributed by atoms with Crippen LogP contribution in [0, 0.1) is 5.82 Å². The Morgan fingerprint density at radius 1 is 1.09 bits per heavy atom. The van der Waals surface area contributed by atoms with Gasteiger partial charge in [-0.15, -0.1) is 0 Å². The number of hydrazone groups is 1. The first kappa shape index (κ1) is 22.0. The average Bonchev–Trinajstić information content (AvgIpc) is 3.29. The van der Waals surface area contributed by atoms with Crippen LogP contribution < -0.4 is 4.74 Å². The Morgan fingerprint density at radius 2 is 1.85 bits per heavy atom. The van der Waals surface area contributed by atoms with E-state index >= 15 is 0 Å². The molecule has 0 N–H and O–H groups in total. The lowest BCUT2D eigenvalue weighted by atomic mass is 9.98. The van der Waals surface area contributed by atoms with E-state index in [1.165, 1.54) is 17.1 Å². The summed E-state index contributed by atoms with van der Waals surface area (Å²) in [6, 6.07) is 22.5. The molecule has 1 amide bonds. The van der Waals surface area contributed by atoms with Crippen molar-refractivity contribution < 1.29 is 13.9 Å². The van der Waals surface area contributed by atoms with Crippen molar-refractivity contribution in [3.63, 3.8) is 0 Å². The van der Waals surface area contributed by atoms with Crippen molar-refractivity contribution in [2.45, 2.75) is 19.4 Å². The molecule has 0 saturated carbocycles. The number of hydrogen-bond donors (Lipinski definition) is 0. The Labute approximate surface area is 201 Å². The molecule has 7 heteroatoms. The molecule has 1 aliphatic heterocycles. The Balaban J connectivity index is 1.59. The minimum absolute atomic E-state index is 0.0446. The van der Waals surface area contributed by atoms with Crippen molar-refractivity contribution in [3.8, 4) is 5.75 Å². The largest absolute Gasteiger partial charge is 0.494 e. The van der Waals surface area contributed by atoms with Gasteiger partial charge in [-0.25, -0.2) is 14.4 Å². The number of amides is 1. The van der Waals surface area contributed by atoms with Crippen molar-refractivity contribution in [1.29, 1.82) is 0 Å². The molecule has 170 valence electrons. The van der Waals surface area contributed by atoms with E-state index in [9.17, 15) is 9.18 Å². The van der Waals surface area contributed by atoms with Crippen molar-refractivity contribution in [2.75, 3.05) is 6.61 Å². The van der Waals surface area contributed by atoms with Crippen LogP contribution in [0.3, 0.4) is 0 Å². The smallest absolute Gasteiger partial charge is 0.277 e. The molecular formula is C27H21ClFN3O2. The van der Waals surface area contributed by atoms with Crippen molar-refractivity contribution in [2.24, 2.45) is 5.10 Å². The molecule has 0 fully saturated rings. The number of pyridine rings is 1. The minimum atomic E-state index is -0.596. The number of rotatable bonds is 5. The number of benzene rings is 3. The highest BCUT2D eigenvalue weighted by Gasteiger charge is 2.36. The molecule has 0 saturated heterocycles. The second-order valence-electron chi connectivity index (χ2n) is 7.92. The van der Waals surface area contributed by atoms with E-state index < -0.39 is 17.8 Å². The zero-order chi connectivity index (χ0) is 23.7. The van der Waals surface area contributed by atoms with E-state index in [1.54, 1.807) is 12.1 Å². The number of hydrogen-bond acceptors (Lipinski definition) is 4. The average molecular weight is 474 g/mol. The van der Waals surface area contributed by atoms with Crippen LogP contribution in [0.1, 0.15) is 40.9 Å². The van der Waals surface area contributed by atoms with Gasteiger partial charge in [0, 0.05) is 23.4 Å². The second-order valence-corrected chi connectivity index (χ2v) is 8.28. The number of carbonyl (C=O) groups is 1. The zero-order valence-corrected chi connectivity index (χ0v) is 19.2. The SMILES string of the molecule is CCOc1ccc2cc(C3CC(c4ccccc4)=NN3C(=O)c3ccccc3F)c(Cl)nc2c1. The number of ether oxygens (including phenoxy) is 1. The number of nitrogens with zero attached hydrogens (tertiary/aromatic N) is 3. The molecule has 2 heterocycles. The lowest BCUT2D eigenvalue weighted by molar-refractivity contribution is 0.0706. The van der Waals surface area contributed by atoms with Crippen LogP contribution in [0.15, 0.2) is 84.0 Å². The van der Waals surface area contributed by atoms with Gasteiger partial charge in [0.2, 0.25) is 0 Å². The van der Waals surface area contributed by atoms with Gasteiger partial charge in [-0.3, -0.25) is 4.79 Å². The maximum atomic E-state index is 14.5. The van der Waals surface area contributed by atoms with Crippen LogP contribution in [-0.2, 0) is 0 Å². The van der Waals surface area contributed by atoms with Crippen molar-refractivity contribution in [3.05, 3.63) is 107 Å². The maximum absolute atomic E-state index is 14.5. The quantitative estimate of drug-likeness (QED) is 0.314. The van der Waals surface area contributed by atoms with E-state index in [1.807, 2.05) is 61.5 Å². The molecule has 0 radical (unpaired) electrons. The monoisotopic (exact) mass is 473 g/mol.